The molecule has 0 amide bonds. The van der Waals surface area contributed by atoms with Gasteiger partial charge in [-0.3, -0.25) is 0 Å². The Hall–Kier alpha value is -1.67. The fraction of sp³-hybridized carbons (Fsp3) is 0.0769. The van der Waals surface area contributed by atoms with Crippen LogP contribution in [0.4, 0.5) is 11.4 Å². The third-order valence-electron chi connectivity index (χ3n) is 2.60. The highest BCUT2D eigenvalue weighted by molar-refractivity contribution is 6.33. The number of rotatable bonds is 1. The van der Waals surface area contributed by atoms with E-state index >= 15 is 0 Å². The Labute approximate surface area is 99.8 Å². The number of halogens is 1. The largest absolute Gasteiger partial charge is 0.399 e. The normalized spacial score (nSPS) is 10.4. The maximum atomic E-state index is 5.99. The van der Waals surface area contributed by atoms with E-state index in [1.165, 1.54) is 0 Å². The van der Waals surface area contributed by atoms with E-state index in [0.717, 1.165) is 22.4 Å². The molecule has 0 aliphatic rings. The van der Waals surface area contributed by atoms with Crippen molar-refractivity contribution in [3.63, 3.8) is 0 Å². The van der Waals surface area contributed by atoms with Crippen molar-refractivity contribution in [2.45, 2.75) is 6.92 Å². The molecule has 0 fully saturated rings. The molecule has 0 unspecified atom stereocenters. The maximum absolute atomic E-state index is 5.99. The van der Waals surface area contributed by atoms with Crippen LogP contribution in [-0.2, 0) is 0 Å². The molecule has 0 bridgehead atoms. The van der Waals surface area contributed by atoms with E-state index < -0.39 is 0 Å². The van der Waals surface area contributed by atoms with Crippen LogP contribution < -0.4 is 11.5 Å². The Kier molecular flexibility index (Phi) is 2.75. The third kappa shape index (κ3) is 1.97. The number of aryl methyl sites for hydroxylation is 1. The second-order valence-corrected chi connectivity index (χ2v) is 4.21. The predicted octanol–water partition coefficient (Wildman–Crippen LogP) is 3.48. The molecule has 16 heavy (non-hydrogen) atoms. The number of nitrogens with two attached hydrogens (primary N) is 2. The van der Waals surface area contributed by atoms with Gasteiger partial charge in [0, 0.05) is 5.69 Å². The molecule has 0 saturated heterocycles. The van der Waals surface area contributed by atoms with Gasteiger partial charge in [0.15, 0.2) is 0 Å². The lowest BCUT2D eigenvalue weighted by molar-refractivity contribution is 1.46. The van der Waals surface area contributed by atoms with Crippen molar-refractivity contribution in [1.29, 1.82) is 0 Å². The van der Waals surface area contributed by atoms with Gasteiger partial charge in [-0.2, -0.15) is 0 Å². The minimum absolute atomic E-state index is 0.576. The summed E-state index contributed by atoms with van der Waals surface area (Å²) in [5.74, 6) is 0. The molecule has 0 radical (unpaired) electrons. The average Bonchev–Trinajstić information content (AvgIpc) is 2.26. The van der Waals surface area contributed by atoms with Gasteiger partial charge in [-0.15, -0.1) is 0 Å². The minimum atomic E-state index is 0.576. The first kappa shape index (κ1) is 10.8. The van der Waals surface area contributed by atoms with Gasteiger partial charge in [-0.05, 0) is 47.9 Å². The van der Waals surface area contributed by atoms with Gasteiger partial charge in [0.2, 0.25) is 0 Å². The van der Waals surface area contributed by atoms with Crippen molar-refractivity contribution in [1.82, 2.24) is 0 Å². The number of nitrogen functional groups attached to an aromatic ring is 2. The summed E-state index contributed by atoms with van der Waals surface area (Å²) >= 11 is 5.99. The van der Waals surface area contributed by atoms with Crippen molar-refractivity contribution in [3.05, 3.63) is 47.0 Å². The van der Waals surface area contributed by atoms with E-state index in [1.807, 2.05) is 43.3 Å². The second kappa shape index (κ2) is 4.06. The number of anilines is 2. The lowest BCUT2D eigenvalue weighted by atomic mass is 10.0. The zero-order chi connectivity index (χ0) is 11.7. The Morgan fingerprint density at radius 3 is 2.00 bits per heavy atom. The monoisotopic (exact) mass is 232 g/mol. The SMILES string of the molecule is Cc1cc(-c2ccc(N)c(Cl)c2)ccc1N. The standard InChI is InChI=1S/C13H13ClN2/c1-8-6-9(2-4-12(8)15)10-3-5-13(16)11(14)7-10/h2-7H,15-16H2,1H3. The van der Waals surface area contributed by atoms with Gasteiger partial charge in [0.05, 0.1) is 10.7 Å². The van der Waals surface area contributed by atoms with Crippen LogP contribution in [0.15, 0.2) is 36.4 Å². The molecular formula is C13H13ClN2. The quantitative estimate of drug-likeness (QED) is 0.740. The molecule has 3 heteroatoms. The summed E-state index contributed by atoms with van der Waals surface area (Å²) in [6.45, 7) is 1.98. The third-order valence-corrected chi connectivity index (χ3v) is 2.93. The summed E-state index contributed by atoms with van der Waals surface area (Å²) in [6.07, 6.45) is 0. The van der Waals surface area contributed by atoms with Crippen molar-refractivity contribution in [2.75, 3.05) is 11.5 Å². The number of hydrogen-bond acceptors (Lipinski definition) is 2. The van der Waals surface area contributed by atoms with E-state index in [1.54, 1.807) is 0 Å². The van der Waals surface area contributed by atoms with E-state index in [-0.39, 0.29) is 0 Å². The Morgan fingerprint density at radius 2 is 1.44 bits per heavy atom. The predicted molar refractivity (Wildman–Crippen MR) is 70.4 cm³/mol. The van der Waals surface area contributed by atoms with Gasteiger partial charge in [-0.1, -0.05) is 23.7 Å². The molecule has 2 rings (SSSR count). The van der Waals surface area contributed by atoms with Crippen LogP contribution in [0.25, 0.3) is 11.1 Å². The highest BCUT2D eigenvalue weighted by Crippen LogP contribution is 2.28. The molecule has 0 heterocycles. The van der Waals surface area contributed by atoms with Gasteiger partial charge in [0.25, 0.3) is 0 Å². The summed E-state index contributed by atoms with van der Waals surface area (Å²) in [7, 11) is 0. The summed E-state index contributed by atoms with van der Waals surface area (Å²) < 4.78 is 0. The van der Waals surface area contributed by atoms with Crippen LogP contribution >= 0.6 is 11.6 Å². The first-order valence-corrected chi connectivity index (χ1v) is 5.37. The van der Waals surface area contributed by atoms with Crippen molar-refractivity contribution < 1.29 is 0 Å². The molecule has 0 aromatic heterocycles. The first-order chi connectivity index (χ1) is 7.58. The van der Waals surface area contributed by atoms with Gasteiger partial charge in [0.1, 0.15) is 0 Å². The summed E-state index contributed by atoms with van der Waals surface area (Å²) in [6, 6.07) is 11.5. The van der Waals surface area contributed by atoms with E-state index in [4.69, 9.17) is 23.1 Å². The Bertz CT molecular complexity index is 486. The zero-order valence-electron chi connectivity index (χ0n) is 9.00. The van der Waals surface area contributed by atoms with Crippen LogP contribution in [0, 0.1) is 6.92 Å². The molecule has 2 aromatic carbocycles. The summed E-state index contributed by atoms with van der Waals surface area (Å²) in [5, 5.41) is 0.576. The van der Waals surface area contributed by atoms with Crippen LogP contribution in [0.3, 0.4) is 0 Å². The van der Waals surface area contributed by atoms with Crippen molar-refractivity contribution in [3.8, 4) is 11.1 Å². The topological polar surface area (TPSA) is 52.0 Å². The molecule has 82 valence electrons. The highest BCUT2D eigenvalue weighted by Gasteiger charge is 2.02. The van der Waals surface area contributed by atoms with E-state index in [2.05, 4.69) is 0 Å². The molecule has 0 atom stereocenters. The van der Waals surface area contributed by atoms with Crippen molar-refractivity contribution >= 4 is 23.0 Å². The molecule has 2 nitrogen and oxygen atoms in total. The number of benzene rings is 2. The van der Waals surface area contributed by atoms with Crippen LogP contribution in [0.2, 0.25) is 5.02 Å². The molecule has 0 spiro atoms. The van der Waals surface area contributed by atoms with E-state index in [0.29, 0.717) is 10.7 Å². The lowest BCUT2D eigenvalue weighted by Crippen LogP contribution is -1.90. The summed E-state index contributed by atoms with van der Waals surface area (Å²) in [4.78, 5) is 0. The number of hydrogen-bond donors (Lipinski definition) is 2. The van der Waals surface area contributed by atoms with Gasteiger partial charge < -0.3 is 11.5 Å². The summed E-state index contributed by atoms with van der Waals surface area (Å²) in [5.41, 5.74) is 16.0. The van der Waals surface area contributed by atoms with Crippen molar-refractivity contribution in [2.24, 2.45) is 0 Å². The molecule has 0 aliphatic heterocycles. The Morgan fingerprint density at radius 1 is 0.875 bits per heavy atom. The average molecular weight is 233 g/mol. The van der Waals surface area contributed by atoms with Crippen LogP contribution in [0.5, 0.6) is 0 Å². The second-order valence-electron chi connectivity index (χ2n) is 3.81. The van der Waals surface area contributed by atoms with Crippen LogP contribution in [-0.4, -0.2) is 0 Å². The molecule has 0 saturated carbocycles. The maximum Gasteiger partial charge on any atom is 0.0641 e. The zero-order valence-corrected chi connectivity index (χ0v) is 9.75. The first-order valence-electron chi connectivity index (χ1n) is 4.99. The van der Waals surface area contributed by atoms with Crippen LogP contribution in [0.1, 0.15) is 5.56 Å². The molecule has 2 aromatic rings. The highest BCUT2D eigenvalue weighted by atomic mass is 35.5. The van der Waals surface area contributed by atoms with E-state index in [9.17, 15) is 0 Å². The fourth-order valence-electron chi connectivity index (χ4n) is 1.56. The molecule has 0 aliphatic carbocycles. The van der Waals surface area contributed by atoms with Gasteiger partial charge >= 0.3 is 0 Å². The fourth-order valence-corrected chi connectivity index (χ4v) is 1.74. The molecule has 4 N–H and O–H groups in total. The minimum Gasteiger partial charge on any atom is -0.399 e. The lowest BCUT2D eigenvalue weighted by Gasteiger charge is -2.07. The Balaban J connectivity index is 2.50. The smallest absolute Gasteiger partial charge is 0.0641 e. The molecular weight excluding hydrogens is 220 g/mol. The van der Waals surface area contributed by atoms with Gasteiger partial charge in [-0.25, -0.2) is 0 Å².